The van der Waals surface area contributed by atoms with Crippen molar-refractivity contribution in [2.24, 2.45) is 0 Å². The van der Waals surface area contributed by atoms with Crippen molar-refractivity contribution < 1.29 is 4.74 Å². The molecule has 0 aliphatic heterocycles. The molecule has 2 N–H and O–H groups in total. The van der Waals surface area contributed by atoms with Gasteiger partial charge in [0.1, 0.15) is 5.75 Å². The van der Waals surface area contributed by atoms with Crippen LogP contribution in [0.2, 0.25) is 0 Å². The van der Waals surface area contributed by atoms with Crippen molar-refractivity contribution in [1.29, 1.82) is 0 Å². The Hall–Kier alpha value is -3.15. The van der Waals surface area contributed by atoms with E-state index in [1.807, 2.05) is 24.3 Å². The number of methoxy groups -OCH3 is 1. The molecule has 0 radical (unpaired) electrons. The fourth-order valence-corrected chi connectivity index (χ4v) is 2.97. The molecule has 2 aromatic carbocycles. The second-order valence-corrected chi connectivity index (χ2v) is 7.61. The summed E-state index contributed by atoms with van der Waals surface area (Å²) in [7, 11) is 1.67. The summed E-state index contributed by atoms with van der Waals surface area (Å²) in [5.41, 5.74) is 3.47. The van der Waals surface area contributed by atoms with Crippen molar-refractivity contribution in [1.82, 2.24) is 15.2 Å². The second-order valence-electron chi connectivity index (χ2n) is 7.61. The van der Waals surface area contributed by atoms with Gasteiger partial charge in [-0.05, 0) is 41.2 Å². The SMILES string of the molecule is COc1cccc(CCNc2nncc(Nc3ccccc3C(C)(C)C)n2)c1. The Balaban J connectivity index is 1.65. The van der Waals surface area contributed by atoms with E-state index < -0.39 is 0 Å². The number of rotatable bonds is 7. The smallest absolute Gasteiger partial charge is 0.244 e. The van der Waals surface area contributed by atoms with E-state index >= 15 is 0 Å². The van der Waals surface area contributed by atoms with Gasteiger partial charge in [0.25, 0.3) is 0 Å². The van der Waals surface area contributed by atoms with E-state index in [1.54, 1.807) is 13.3 Å². The predicted octanol–water partition coefficient (Wildman–Crippen LogP) is 4.58. The van der Waals surface area contributed by atoms with Crippen molar-refractivity contribution >= 4 is 17.5 Å². The molecule has 0 unspecified atom stereocenters. The Bertz CT molecular complexity index is 921. The van der Waals surface area contributed by atoms with E-state index in [2.05, 4.69) is 70.9 Å². The standard InChI is InChI=1S/C22H27N5O/c1-22(2,3)18-10-5-6-11-19(18)25-20-15-24-27-21(26-20)23-13-12-16-8-7-9-17(14-16)28-4/h5-11,14-15H,12-13H2,1-4H3,(H2,23,25,26,27). The fraction of sp³-hybridized carbons (Fsp3) is 0.318. The first-order chi connectivity index (χ1) is 13.5. The van der Waals surface area contributed by atoms with Gasteiger partial charge >= 0.3 is 0 Å². The van der Waals surface area contributed by atoms with Crippen LogP contribution < -0.4 is 15.4 Å². The molecule has 0 aliphatic carbocycles. The molecule has 146 valence electrons. The van der Waals surface area contributed by atoms with Gasteiger partial charge < -0.3 is 15.4 Å². The lowest BCUT2D eigenvalue weighted by molar-refractivity contribution is 0.414. The lowest BCUT2D eigenvalue weighted by Crippen LogP contribution is -2.14. The van der Waals surface area contributed by atoms with Gasteiger partial charge in [0.15, 0.2) is 5.82 Å². The van der Waals surface area contributed by atoms with E-state index in [4.69, 9.17) is 4.74 Å². The highest BCUT2D eigenvalue weighted by atomic mass is 16.5. The number of benzene rings is 2. The van der Waals surface area contributed by atoms with E-state index in [1.165, 1.54) is 11.1 Å². The van der Waals surface area contributed by atoms with Gasteiger partial charge in [0.05, 0.1) is 13.3 Å². The highest BCUT2D eigenvalue weighted by molar-refractivity contribution is 5.62. The number of hydrogen-bond donors (Lipinski definition) is 2. The molecule has 28 heavy (non-hydrogen) atoms. The normalized spacial score (nSPS) is 11.1. The summed E-state index contributed by atoms with van der Waals surface area (Å²) >= 11 is 0. The zero-order valence-corrected chi connectivity index (χ0v) is 16.9. The minimum Gasteiger partial charge on any atom is -0.497 e. The van der Waals surface area contributed by atoms with Crippen LogP contribution in [0.3, 0.4) is 0 Å². The van der Waals surface area contributed by atoms with Crippen LogP contribution in [0.4, 0.5) is 17.5 Å². The summed E-state index contributed by atoms with van der Waals surface area (Å²) in [6.07, 6.45) is 2.47. The first-order valence-electron chi connectivity index (χ1n) is 9.39. The molecular formula is C22H27N5O. The lowest BCUT2D eigenvalue weighted by Gasteiger charge is -2.23. The maximum Gasteiger partial charge on any atom is 0.244 e. The van der Waals surface area contributed by atoms with Crippen LogP contribution in [-0.4, -0.2) is 28.8 Å². The van der Waals surface area contributed by atoms with Gasteiger partial charge in [-0.2, -0.15) is 10.1 Å². The second kappa shape index (κ2) is 8.69. The zero-order chi connectivity index (χ0) is 20.0. The van der Waals surface area contributed by atoms with Crippen LogP contribution >= 0.6 is 0 Å². The van der Waals surface area contributed by atoms with E-state index in [-0.39, 0.29) is 5.41 Å². The van der Waals surface area contributed by atoms with Crippen LogP contribution in [0.1, 0.15) is 31.9 Å². The number of ether oxygens (including phenoxy) is 1. The van der Waals surface area contributed by atoms with Gasteiger partial charge in [-0.3, -0.25) is 0 Å². The molecular weight excluding hydrogens is 350 g/mol. The van der Waals surface area contributed by atoms with Crippen LogP contribution in [0.15, 0.2) is 54.7 Å². The van der Waals surface area contributed by atoms with Crippen LogP contribution in [0.5, 0.6) is 5.75 Å². The number of nitrogens with zero attached hydrogens (tertiary/aromatic N) is 3. The van der Waals surface area contributed by atoms with Gasteiger partial charge in [-0.25, -0.2) is 0 Å². The number of nitrogens with one attached hydrogen (secondary N) is 2. The van der Waals surface area contributed by atoms with Crippen LogP contribution in [0, 0.1) is 0 Å². The van der Waals surface area contributed by atoms with Crippen molar-refractivity contribution in [2.75, 3.05) is 24.3 Å². The fourth-order valence-electron chi connectivity index (χ4n) is 2.97. The molecule has 1 heterocycles. The summed E-state index contributed by atoms with van der Waals surface area (Å²) in [6.45, 7) is 7.28. The average Bonchev–Trinajstić information content (AvgIpc) is 2.68. The van der Waals surface area contributed by atoms with E-state index in [9.17, 15) is 0 Å². The Morgan fingerprint density at radius 3 is 2.64 bits per heavy atom. The van der Waals surface area contributed by atoms with Gasteiger partial charge in [-0.15, -0.1) is 5.10 Å². The number of para-hydroxylation sites is 1. The topological polar surface area (TPSA) is 72.0 Å². The molecule has 0 saturated carbocycles. The third kappa shape index (κ3) is 5.19. The Labute approximate surface area is 166 Å². The molecule has 0 aliphatic rings. The van der Waals surface area contributed by atoms with Crippen LogP contribution in [-0.2, 0) is 11.8 Å². The monoisotopic (exact) mass is 377 g/mol. The molecule has 0 fully saturated rings. The molecule has 0 saturated heterocycles. The summed E-state index contributed by atoms with van der Waals surface area (Å²) < 4.78 is 5.26. The third-order valence-electron chi connectivity index (χ3n) is 4.39. The highest BCUT2D eigenvalue weighted by Gasteiger charge is 2.17. The van der Waals surface area contributed by atoms with Crippen molar-refractivity contribution in [3.63, 3.8) is 0 Å². The lowest BCUT2D eigenvalue weighted by atomic mass is 9.86. The summed E-state index contributed by atoms with van der Waals surface area (Å²) in [4.78, 5) is 4.54. The molecule has 3 aromatic rings. The maximum atomic E-state index is 5.26. The molecule has 0 bridgehead atoms. The molecule has 1 aromatic heterocycles. The van der Waals surface area contributed by atoms with Gasteiger partial charge in [0, 0.05) is 12.2 Å². The number of aromatic nitrogens is 3. The van der Waals surface area contributed by atoms with Crippen molar-refractivity contribution in [2.45, 2.75) is 32.6 Å². The molecule has 0 amide bonds. The maximum absolute atomic E-state index is 5.26. The Morgan fingerprint density at radius 1 is 1.04 bits per heavy atom. The first kappa shape index (κ1) is 19.6. The first-order valence-corrected chi connectivity index (χ1v) is 9.39. The summed E-state index contributed by atoms with van der Waals surface area (Å²) in [5.74, 6) is 2.02. The molecule has 0 atom stereocenters. The zero-order valence-electron chi connectivity index (χ0n) is 16.9. The summed E-state index contributed by atoms with van der Waals surface area (Å²) in [6, 6.07) is 16.3. The van der Waals surface area contributed by atoms with Crippen molar-refractivity contribution in [3.8, 4) is 5.75 Å². The Kier molecular flexibility index (Phi) is 6.09. The minimum absolute atomic E-state index is 0.0296. The molecule has 3 rings (SSSR count). The van der Waals surface area contributed by atoms with Crippen LogP contribution in [0.25, 0.3) is 0 Å². The third-order valence-corrected chi connectivity index (χ3v) is 4.39. The Morgan fingerprint density at radius 2 is 1.86 bits per heavy atom. The molecule has 6 nitrogen and oxygen atoms in total. The molecule has 6 heteroatoms. The van der Waals surface area contributed by atoms with Gasteiger partial charge in [0.2, 0.25) is 5.95 Å². The summed E-state index contributed by atoms with van der Waals surface area (Å²) in [5, 5.41) is 14.8. The number of anilines is 3. The highest BCUT2D eigenvalue weighted by Crippen LogP contribution is 2.30. The van der Waals surface area contributed by atoms with Crippen molar-refractivity contribution in [3.05, 3.63) is 65.9 Å². The van der Waals surface area contributed by atoms with Gasteiger partial charge in [-0.1, -0.05) is 51.1 Å². The average molecular weight is 377 g/mol. The largest absolute Gasteiger partial charge is 0.497 e. The van der Waals surface area contributed by atoms with E-state index in [0.29, 0.717) is 18.3 Å². The minimum atomic E-state index is 0.0296. The number of hydrogen-bond acceptors (Lipinski definition) is 6. The predicted molar refractivity (Wildman–Crippen MR) is 113 cm³/mol. The quantitative estimate of drug-likeness (QED) is 0.628. The van der Waals surface area contributed by atoms with E-state index in [0.717, 1.165) is 17.9 Å². The molecule has 0 spiro atoms.